The summed E-state index contributed by atoms with van der Waals surface area (Å²) in [6.45, 7) is 0. The molecular formula is C5H9N. The van der Waals surface area contributed by atoms with Crippen molar-refractivity contribution in [3.63, 3.8) is 0 Å². The van der Waals surface area contributed by atoms with Gasteiger partial charge in [0.25, 0.3) is 0 Å². The molecule has 0 saturated heterocycles. The van der Waals surface area contributed by atoms with E-state index in [0.29, 0.717) is 6.04 Å². The van der Waals surface area contributed by atoms with E-state index in [2.05, 4.69) is 0 Å². The second-order valence-corrected chi connectivity index (χ2v) is 2.67. The molecule has 0 bridgehead atoms. The van der Waals surface area contributed by atoms with Gasteiger partial charge in [0, 0.05) is 6.04 Å². The molecule has 0 aromatic heterocycles. The van der Waals surface area contributed by atoms with Crippen LogP contribution in [0.5, 0.6) is 0 Å². The van der Waals surface area contributed by atoms with Crippen molar-refractivity contribution < 1.29 is 0 Å². The lowest BCUT2D eigenvalue weighted by Gasteiger charge is -1.73. The molecule has 2 fully saturated rings. The standard InChI is InChI=1S/C5H9N/c6-4-3-5(4)1-2-5/h4H,1-3,6H2. The van der Waals surface area contributed by atoms with Gasteiger partial charge < -0.3 is 5.73 Å². The summed E-state index contributed by atoms with van der Waals surface area (Å²) in [5.74, 6) is 0. The fourth-order valence-electron chi connectivity index (χ4n) is 1.11. The molecule has 0 aliphatic heterocycles. The maximum absolute atomic E-state index is 5.56. The summed E-state index contributed by atoms with van der Waals surface area (Å²) in [5, 5.41) is 0. The Labute approximate surface area is 37.5 Å². The lowest BCUT2D eigenvalue weighted by molar-refractivity contribution is 0.825. The maximum Gasteiger partial charge on any atom is 0.0102 e. The first-order chi connectivity index (χ1) is 2.83. The topological polar surface area (TPSA) is 26.0 Å². The molecule has 1 heteroatoms. The highest BCUT2D eigenvalue weighted by Crippen LogP contribution is 2.64. The van der Waals surface area contributed by atoms with E-state index in [1.807, 2.05) is 0 Å². The third-order valence-electron chi connectivity index (χ3n) is 2.15. The Morgan fingerprint density at radius 1 is 1.50 bits per heavy atom. The molecular weight excluding hydrogens is 74.1 g/mol. The third-order valence-corrected chi connectivity index (χ3v) is 2.15. The van der Waals surface area contributed by atoms with Crippen LogP contribution in [0, 0.1) is 5.41 Å². The first-order valence-corrected chi connectivity index (χ1v) is 2.59. The third kappa shape index (κ3) is 0.178. The van der Waals surface area contributed by atoms with E-state index >= 15 is 0 Å². The van der Waals surface area contributed by atoms with E-state index < -0.39 is 0 Å². The van der Waals surface area contributed by atoms with Crippen molar-refractivity contribution in [3.05, 3.63) is 0 Å². The Kier molecular flexibility index (Phi) is 0.274. The first kappa shape index (κ1) is 3.03. The van der Waals surface area contributed by atoms with Gasteiger partial charge in [-0.1, -0.05) is 0 Å². The minimum absolute atomic E-state index is 0.609. The quantitative estimate of drug-likeness (QED) is 0.453. The Balaban J connectivity index is 2.17. The average Bonchev–Trinajstić information content (AvgIpc) is 2.25. The zero-order chi connectivity index (χ0) is 4.20. The zero-order valence-electron chi connectivity index (χ0n) is 3.78. The van der Waals surface area contributed by atoms with Crippen LogP contribution in [0.15, 0.2) is 0 Å². The summed E-state index contributed by atoms with van der Waals surface area (Å²) in [6.07, 6.45) is 4.18. The minimum atomic E-state index is 0.609. The molecule has 1 spiro atoms. The second kappa shape index (κ2) is 0.544. The van der Waals surface area contributed by atoms with Gasteiger partial charge in [0.15, 0.2) is 0 Å². The normalized spacial score (nSPS) is 46.5. The monoisotopic (exact) mass is 83.1 g/mol. The van der Waals surface area contributed by atoms with Crippen LogP contribution in [0.3, 0.4) is 0 Å². The van der Waals surface area contributed by atoms with Crippen molar-refractivity contribution >= 4 is 0 Å². The van der Waals surface area contributed by atoms with Gasteiger partial charge in [-0.25, -0.2) is 0 Å². The molecule has 2 saturated carbocycles. The van der Waals surface area contributed by atoms with Crippen molar-refractivity contribution in [2.75, 3.05) is 0 Å². The average molecular weight is 83.1 g/mol. The van der Waals surface area contributed by atoms with Crippen molar-refractivity contribution in [3.8, 4) is 0 Å². The van der Waals surface area contributed by atoms with Crippen LogP contribution in [0.2, 0.25) is 0 Å². The maximum atomic E-state index is 5.56. The van der Waals surface area contributed by atoms with Crippen molar-refractivity contribution in [2.45, 2.75) is 25.3 Å². The molecule has 2 N–H and O–H groups in total. The zero-order valence-corrected chi connectivity index (χ0v) is 3.78. The number of nitrogens with two attached hydrogens (primary N) is 1. The highest BCUT2D eigenvalue weighted by Gasteiger charge is 2.60. The van der Waals surface area contributed by atoms with Gasteiger partial charge in [-0.05, 0) is 24.7 Å². The van der Waals surface area contributed by atoms with Crippen molar-refractivity contribution in [2.24, 2.45) is 11.1 Å². The number of rotatable bonds is 0. The Hall–Kier alpha value is -0.0400. The van der Waals surface area contributed by atoms with Gasteiger partial charge in [-0.15, -0.1) is 0 Å². The summed E-state index contributed by atoms with van der Waals surface area (Å²) < 4.78 is 0. The largest absolute Gasteiger partial charge is 0.327 e. The van der Waals surface area contributed by atoms with Crippen LogP contribution in [-0.2, 0) is 0 Å². The van der Waals surface area contributed by atoms with E-state index in [4.69, 9.17) is 5.73 Å². The first-order valence-electron chi connectivity index (χ1n) is 2.59. The van der Waals surface area contributed by atoms with Gasteiger partial charge >= 0.3 is 0 Å². The predicted molar refractivity (Wildman–Crippen MR) is 24.3 cm³/mol. The Morgan fingerprint density at radius 3 is 2.00 bits per heavy atom. The van der Waals surface area contributed by atoms with Gasteiger partial charge in [0.2, 0.25) is 0 Å². The van der Waals surface area contributed by atoms with E-state index in [9.17, 15) is 0 Å². The van der Waals surface area contributed by atoms with E-state index in [-0.39, 0.29) is 0 Å². The second-order valence-electron chi connectivity index (χ2n) is 2.67. The lowest BCUT2D eigenvalue weighted by atomic mass is 10.4. The van der Waals surface area contributed by atoms with Crippen molar-refractivity contribution in [1.29, 1.82) is 0 Å². The van der Waals surface area contributed by atoms with Crippen LogP contribution in [-0.4, -0.2) is 6.04 Å². The summed E-state index contributed by atoms with van der Waals surface area (Å²) in [4.78, 5) is 0. The van der Waals surface area contributed by atoms with E-state index in [1.165, 1.54) is 19.3 Å². The highest BCUT2D eigenvalue weighted by atomic mass is 14.9. The minimum Gasteiger partial charge on any atom is -0.327 e. The fourth-order valence-corrected chi connectivity index (χ4v) is 1.11. The van der Waals surface area contributed by atoms with Crippen LogP contribution in [0.25, 0.3) is 0 Å². The number of hydrogen-bond donors (Lipinski definition) is 1. The van der Waals surface area contributed by atoms with Gasteiger partial charge in [0.05, 0.1) is 0 Å². The molecule has 2 rings (SSSR count). The predicted octanol–water partition coefficient (Wildman–Crippen LogP) is 0.498. The molecule has 2 aliphatic carbocycles. The van der Waals surface area contributed by atoms with Crippen LogP contribution in [0.4, 0.5) is 0 Å². The smallest absolute Gasteiger partial charge is 0.0102 e. The summed E-state index contributed by atoms with van der Waals surface area (Å²) in [7, 11) is 0. The summed E-state index contributed by atoms with van der Waals surface area (Å²) in [6, 6.07) is 0.609. The molecule has 34 valence electrons. The molecule has 1 unspecified atom stereocenters. The molecule has 0 amide bonds. The molecule has 0 radical (unpaired) electrons. The Morgan fingerprint density at radius 2 is 2.00 bits per heavy atom. The molecule has 6 heavy (non-hydrogen) atoms. The van der Waals surface area contributed by atoms with Gasteiger partial charge in [-0.3, -0.25) is 0 Å². The molecule has 2 aliphatic rings. The number of hydrogen-bond acceptors (Lipinski definition) is 1. The SMILES string of the molecule is NC1CC12CC2. The summed E-state index contributed by atoms with van der Waals surface area (Å²) in [5.41, 5.74) is 6.30. The summed E-state index contributed by atoms with van der Waals surface area (Å²) >= 11 is 0. The Bertz CT molecular complexity index is 83.9. The van der Waals surface area contributed by atoms with Crippen LogP contribution < -0.4 is 5.73 Å². The molecule has 1 nitrogen and oxygen atoms in total. The van der Waals surface area contributed by atoms with Gasteiger partial charge in [-0.2, -0.15) is 0 Å². The highest BCUT2D eigenvalue weighted by molar-refractivity contribution is 5.15. The van der Waals surface area contributed by atoms with Crippen LogP contribution in [0.1, 0.15) is 19.3 Å². The van der Waals surface area contributed by atoms with E-state index in [0.717, 1.165) is 5.41 Å². The molecule has 0 heterocycles. The fraction of sp³-hybridized carbons (Fsp3) is 1.00. The van der Waals surface area contributed by atoms with Gasteiger partial charge in [0.1, 0.15) is 0 Å². The van der Waals surface area contributed by atoms with E-state index in [1.54, 1.807) is 0 Å². The molecule has 0 aromatic carbocycles. The molecule has 0 aromatic rings. The van der Waals surface area contributed by atoms with Crippen LogP contribution >= 0.6 is 0 Å². The molecule has 1 atom stereocenters. The lowest BCUT2D eigenvalue weighted by Crippen LogP contribution is -2.00. The van der Waals surface area contributed by atoms with Crippen molar-refractivity contribution in [1.82, 2.24) is 0 Å².